The van der Waals surface area contributed by atoms with E-state index in [1.54, 1.807) is 24.3 Å². The lowest BCUT2D eigenvalue weighted by Gasteiger charge is -2.16. The number of nitrogens with one attached hydrogen (secondary N) is 2. The minimum atomic E-state index is -0.485. The third-order valence-electron chi connectivity index (χ3n) is 5.00. The van der Waals surface area contributed by atoms with Crippen molar-refractivity contribution in [3.8, 4) is 0 Å². The molecule has 2 aromatic carbocycles. The lowest BCUT2D eigenvalue weighted by atomic mass is 10.1. The van der Waals surface area contributed by atoms with Gasteiger partial charge in [-0.2, -0.15) is 0 Å². The van der Waals surface area contributed by atoms with Crippen molar-refractivity contribution < 1.29 is 19.1 Å². The number of rotatable bonds is 8. The standard InChI is InChI=1S/C24H26N2O4/c1-17(19-11-3-2-4-12-19)25-24(29)20-13-7-8-14-21(20)26-22(27)16-30-23(28)15-18-9-5-6-10-18/h2-5,7-9,11-14,17-18H,6,10,15-16H2,1H3,(H,25,29)(H,26,27)/t17-,18-/m1/s1. The number of allylic oxidation sites excluding steroid dienone is 2. The van der Waals surface area contributed by atoms with Crippen molar-refractivity contribution in [1.82, 2.24) is 5.32 Å². The van der Waals surface area contributed by atoms with Gasteiger partial charge >= 0.3 is 5.97 Å². The SMILES string of the molecule is C[C@@H](NC(=O)c1ccccc1NC(=O)COC(=O)C[C@@H]1C=CCC1)c1ccccc1. The third-order valence-corrected chi connectivity index (χ3v) is 5.00. The van der Waals surface area contributed by atoms with E-state index in [9.17, 15) is 14.4 Å². The van der Waals surface area contributed by atoms with Crippen LogP contribution in [-0.4, -0.2) is 24.4 Å². The Morgan fingerprint density at radius 1 is 1.07 bits per heavy atom. The number of esters is 1. The molecular weight excluding hydrogens is 380 g/mol. The van der Waals surface area contributed by atoms with Gasteiger partial charge in [0, 0.05) is 0 Å². The van der Waals surface area contributed by atoms with Gasteiger partial charge in [-0.3, -0.25) is 14.4 Å². The Hall–Kier alpha value is -3.41. The van der Waals surface area contributed by atoms with Gasteiger partial charge < -0.3 is 15.4 Å². The summed E-state index contributed by atoms with van der Waals surface area (Å²) in [6, 6.07) is 16.2. The molecule has 0 radical (unpaired) electrons. The van der Waals surface area contributed by atoms with Crippen LogP contribution in [0.5, 0.6) is 0 Å². The zero-order chi connectivity index (χ0) is 21.3. The van der Waals surface area contributed by atoms with Crippen LogP contribution in [0.1, 0.15) is 48.1 Å². The molecule has 6 heteroatoms. The van der Waals surface area contributed by atoms with E-state index in [2.05, 4.69) is 10.6 Å². The molecule has 2 amide bonds. The number of carbonyl (C=O) groups excluding carboxylic acids is 3. The molecular formula is C24H26N2O4. The second-order valence-corrected chi connectivity index (χ2v) is 7.33. The van der Waals surface area contributed by atoms with E-state index in [0.29, 0.717) is 11.3 Å². The molecule has 3 rings (SSSR count). The monoisotopic (exact) mass is 406 g/mol. The van der Waals surface area contributed by atoms with Crippen LogP contribution in [0.3, 0.4) is 0 Å². The fourth-order valence-corrected chi connectivity index (χ4v) is 3.36. The van der Waals surface area contributed by atoms with Crippen molar-refractivity contribution in [2.24, 2.45) is 5.92 Å². The molecule has 156 valence electrons. The summed E-state index contributed by atoms with van der Waals surface area (Å²) >= 11 is 0. The molecule has 1 aliphatic carbocycles. The number of amides is 2. The van der Waals surface area contributed by atoms with Crippen molar-refractivity contribution >= 4 is 23.5 Å². The van der Waals surface area contributed by atoms with E-state index >= 15 is 0 Å². The van der Waals surface area contributed by atoms with Gasteiger partial charge in [-0.1, -0.05) is 54.6 Å². The fraction of sp³-hybridized carbons (Fsp3) is 0.292. The first-order chi connectivity index (χ1) is 14.5. The highest BCUT2D eigenvalue weighted by atomic mass is 16.5. The van der Waals surface area contributed by atoms with E-state index < -0.39 is 11.9 Å². The molecule has 0 aromatic heterocycles. The summed E-state index contributed by atoms with van der Waals surface area (Å²) in [4.78, 5) is 36.9. The van der Waals surface area contributed by atoms with E-state index in [0.717, 1.165) is 18.4 Å². The van der Waals surface area contributed by atoms with Crippen LogP contribution in [0.25, 0.3) is 0 Å². The zero-order valence-electron chi connectivity index (χ0n) is 17.0. The first-order valence-electron chi connectivity index (χ1n) is 10.1. The summed E-state index contributed by atoms with van der Waals surface area (Å²) in [6.45, 7) is 1.51. The highest BCUT2D eigenvalue weighted by Crippen LogP contribution is 2.21. The Morgan fingerprint density at radius 3 is 2.53 bits per heavy atom. The summed E-state index contributed by atoms with van der Waals surface area (Å²) < 4.78 is 5.08. The molecule has 0 spiro atoms. The van der Waals surface area contributed by atoms with Crippen LogP contribution < -0.4 is 10.6 Å². The Bertz CT molecular complexity index is 924. The van der Waals surface area contributed by atoms with E-state index in [1.807, 2.05) is 49.4 Å². The molecule has 2 N–H and O–H groups in total. The van der Waals surface area contributed by atoms with Crippen LogP contribution in [-0.2, 0) is 14.3 Å². The predicted octanol–water partition coefficient (Wildman–Crippen LogP) is 4.02. The number of para-hydroxylation sites is 1. The highest BCUT2D eigenvalue weighted by molar-refractivity contribution is 6.04. The molecule has 0 heterocycles. The normalized spacial score (nSPS) is 16.0. The highest BCUT2D eigenvalue weighted by Gasteiger charge is 2.18. The fourth-order valence-electron chi connectivity index (χ4n) is 3.36. The zero-order valence-corrected chi connectivity index (χ0v) is 17.0. The lowest BCUT2D eigenvalue weighted by molar-refractivity contribution is -0.147. The summed E-state index contributed by atoms with van der Waals surface area (Å²) in [5.41, 5.74) is 1.70. The lowest BCUT2D eigenvalue weighted by Crippen LogP contribution is -2.28. The second kappa shape index (κ2) is 10.4. The van der Waals surface area contributed by atoms with Crippen molar-refractivity contribution in [2.75, 3.05) is 11.9 Å². The number of hydrogen-bond acceptors (Lipinski definition) is 4. The maximum Gasteiger partial charge on any atom is 0.306 e. The minimum absolute atomic E-state index is 0.187. The van der Waals surface area contributed by atoms with Gasteiger partial charge in [0.2, 0.25) is 0 Å². The Morgan fingerprint density at radius 2 is 1.80 bits per heavy atom. The molecule has 0 unspecified atom stereocenters. The maximum atomic E-state index is 12.7. The van der Waals surface area contributed by atoms with Gasteiger partial charge in [0.05, 0.1) is 23.7 Å². The number of carbonyl (C=O) groups is 3. The topological polar surface area (TPSA) is 84.5 Å². The minimum Gasteiger partial charge on any atom is -0.456 e. The van der Waals surface area contributed by atoms with Gasteiger partial charge in [0.25, 0.3) is 11.8 Å². The van der Waals surface area contributed by atoms with E-state index in [-0.39, 0.29) is 30.9 Å². The first-order valence-corrected chi connectivity index (χ1v) is 10.1. The maximum absolute atomic E-state index is 12.7. The van der Waals surface area contributed by atoms with Crippen molar-refractivity contribution in [2.45, 2.75) is 32.2 Å². The van der Waals surface area contributed by atoms with Crippen molar-refractivity contribution in [1.29, 1.82) is 0 Å². The smallest absolute Gasteiger partial charge is 0.306 e. The van der Waals surface area contributed by atoms with Gasteiger partial charge in [0.1, 0.15) is 0 Å². The Labute approximate surface area is 176 Å². The largest absolute Gasteiger partial charge is 0.456 e. The van der Waals surface area contributed by atoms with Gasteiger partial charge in [0.15, 0.2) is 6.61 Å². The predicted molar refractivity (Wildman–Crippen MR) is 115 cm³/mol. The Balaban J connectivity index is 1.55. The van der Waals surface area contributed by atoms with Gasteiger partial charge in [-0.25, -0.2) is 0 Å². The summed E-state index contributed by atoms with van der Waals surface area (Å²) in [5, 5.41) is 5.60. The third kappa shape index (κ3) is 6.04. The summed E-state index contributed by atoms with van der Waals surface area (Å²) in [5.74, 6) is -0.991. The van der Waals surface area contributed by atoms with Crippen molar-refractivity contribution in [3.63, 3.8) is 0 Å². The number of hydrogen-bond donors (Lipinski definition) is 2. The van der Waals surface area contributed by atoms with Gasteiger partial charge in [-0.15, -0.1) is 0 Å². The average molecular weight is 406 g/mol. The van der Waals surface area contributed by atoms with Crippen LogP contribution in [0.2, 0.25) is 0 Å². The molecule has 0 saturated heterocycles. The molecule has 0 bridgehead atoms. The molecule has 0 saturated carbocycles. The summed E-state index contributed by atoms with van der Waals surface area (Å²) in [6.07, 6.45) is 6.24. The molecule has 2 aromatic rings. The molecule has 0 fully saturated rings. The van der Waals surface area contributed by atoms with E-state index in [1.165, 1.54) is 0 Å². The molecule has 2 atom stereocenters. The molecule has 6 nitrogen and oxygen atoms in total. The molecule has 30 heavy (non-hydrogen) atoms. The van der Waals surface area contributed by atoms with Crippen LogP contribution >= 0.6 is 0 Å². The van der Waals surface area contributed by atoms with Gasteiger partial charge in [-0.05, 0) is 43.4 Å². The van der Waals surface area contributed by atoms with E-state index in [4.69, 9.17) is 4.74 Å². The molecule has 0 aliphatic heterocycles. The Kier molecular flexibility index (Phi) is 7.38. The van der Waals surface area contributed by atoms with Crippen LogP contribution in [0.4, 0.5) is 5.69 Å². The first kappa shape index (κ1) is 21.3. The second-order valence-electron chi connectivity index (χ2n) is 7.33. The average Bonchev–Trinajstić information content (AvgIpc) is 3.26. The number of ether oxygens (including phenoxy) is 1. The number of benzene rings is 2. The number of anilines is 1. The van der Waals surface area contributed by atoms with Crippen LogP contribution in [0, 0.1) is 5.92 Å². The van der Waals surface area contributed by atoms with Crippen molar-refractivity contribution in [3.05, 3.63) is 77.9 Å². The molecule has 1 aliphatic rings. The quantitative estimate of drug-likeness (QED) is 0.512. The van der Waals surface area contributed by atoms with Crippen LogP contribution in [0.15, 0.2) is 66.7 Å². The summed E-state index contributed by atoms with van der Waals surface area (Å²) in [7, 11) is 0.